The third kappa shape index (κ3) is 6.43. The molecule has 1 N–H and O–H groups in total. The first-order chi connectivity index (χ1) is 18.3. The lowest BCUT2D eigenvalue weighted by Crippen LogP contribution is -2.48. The first-order valence-corrected chi connectivity index (χ1v) is 13.4. The fraction of sp³-hybridized carbons (Fsp3) is 0.185. The lowest BCUT2D eigenvalue weighted by atomic mass is 10.0. The van der Waals surface area contributed by atoms with Gasteiger partial charge in [0.2, 0.25) is 5.91 Å². The number of aromatic nitrogens is 3. The predicted octanol–water partition coefficient (Wildman–Crippen LogP) is 2.72. The average molecular weight is 534 g/mol. The van der Waals surface area contributed by atoms with Crippen molar-refractivity contribution in [1.29, 1.82) is 0 Å². The van der Waals surface area contributed by atoms with Crippen molar-refractivity contribution >= 4 is 27.3 Å². The molecule has 1 atom stereocenters. The molecule has 0 unspecified atom stereocenters. The molecule has 0 bridgehead atoms. The Morgan fingerprint density at radius 1 is 0.974 bits per heavy atom. The summed E-state index contributed by atoms with van der Waals surface area (Å²) in [5.74, 6) is -0.817. The SMILES string of the molecule is COc1ccc(N(C)C(=O)[C@H](Cc2ccccc2)NC(=O)c2cn(CS(=O)(=O)c3ccccc3)nn2)cc1. The molecule has 0 saturated carbocycles. The number of nitrogens with one attached hydrogen (secondary N) is 1. The standard InChI is InChI=1S/C27H27N5O5S/c1-31(21-13-15-22(37-2)16-14-21)27(34)24(17-20-9-5-3-6-10-20)28-26(33)25-18-32(30-29-25)19-38(35,36)23-11-7-4-8-12-23/h3-16,18,24H,17,19H2,1-2H3,(H,28,33)/t24-/m0/s1. The van der Waals surface area contributed by atoms with E-state index < -0.39 is 27.7 Å². The summed E-state index contributed by atoms with van der Waals surface area (Å²) in [6.07, 6.45) is 1.48. The van der Waals surface area contributed by atoms with E-state index in [1.165, 1.54) is 23.2 Å². The van der Waals surface area contributed by atoms with Crippen molar-refractivity contribution in [2.75, 3.05) is 19.1 Å². The van der Waals surface area contributed by atoms with Gasteiger partial charge in [-0.2, -0.15) is 0 Å². The number of nitrogens with zero attached hydrogens (tertiary/aromatic N) is 4. The molecule has 10 nitrogen and oxygen atoms in total. The first-order valence-electron chi connectivity index (χ1n) is 11.7. The average Bonchev–Trinajstić information content (AvgIpc) is 3.41. The van der Waals surface area contributed by atoms with Crippen LogP contribution in [-0.4, -0.2) is 55.4 Å². The van der Waals surface area contributed by atoms with Crippen LogP contribution in [0.1, 0.15) is 16.1 Å². The van der Waals surface area contributed by atoms with Crippen LogP contribution in [0.5, 0.6) is 5.75 Å². The van der Waals surface area contributed by atoms with Gasteiger partial charge in [0.1, 0.15) is 17.7 Å². The molecule has 196 valence electrons. The van der Waals surface area contributed by atoms with Crippen LogP contribution < -0.4 is 15.0 Å². The van der Waals surface area contributed by atoms with Crippen LogP contribution in [0.4, 0.5) is 5.69 Å². The second kappa shape index (κ2) is 11.7. The summed E-state index contributed by atoms with van der Waals surface area (Å²) in [4.78, 5) is 28.1. The summed E-state index contributed by atoms with van der Waals surface area (Å²) in [7, 11) is -0.509. The molecule has 4 aromatic rings. The molecule has 11 heteroatoms. The molecule has 0 fully saturated rings. The number of carbonyl (C=O) groups is 2. The van der Waals surface area contributed by atoms with Gasteiger partial charge in [-0.25, -0.2) is 13.1 Å². The van der Waals surface area contributed by atoms with Gasteiger partial charge in [-0.3, -0.25) is 9.59 Å². The van der Waals surface area contributed by atoms with Crippen molar-refractivity contribution < 1.29 is 22.7 Å². The van der Waals surface area contributed by atoms with Crippen molar-refractivity contribution in [3.05, 3.63) is 102 Å². The molecule has 1 heterocycles. The molecule has 0 aliphatic carbocycles. The molecule has 38 heavy (non-hydrogen) atoms. The van der Waals surface area contributed by atoms with Crippen molar-refractivity contribution in [1.82, 2.24) is 20.3 Å². The number of anilines is 1. The van der Waals surface area contributed by atoms with E-state index in [1.54, 1.807) is 56.6 Å². The summed E-state index contributed by atoms with van der Waals surface area (Å²) >= 11 is 0. The van der Waals surface area contributed by atoms with Gasteiger partial charge in [-0.15, -0.1) is 5.10 Å². The van der Waals surface area contributed by atoms with E-state index in [2.05, 4.69) is 15.6 Å². The quantitative estimate of drug-likeness (QED) is 0.332. The molecular formula is C27H27N5O5S. The maximum atomic E-state index is 13.5. The second-order valence-corrected chi connectivity index (χ2v) is 10.5. The minimum Gasteiger partial charge on any atom is -0.497 e. The fourth-order valence-electron chi connectivity index (χ4n) is 3.79. The summed E-state index contributed by atoms with van der Waals surface area (Å²) in [5.41, 5.74) is 1.37. The van der Waals surface area contributed by atoms with Gasteiger partial charge in [0.05, 0.1) is 18.2 Å². The molecule has 0 saturated heterocycles. The number of amides is 2. The van der Waals surface area contributed by atoms with Gasteiger partial charge in [0.15, 0.2) is 15.5 Å². The summed E-state index contributed by atoms with van der Waals surface area (Å²) in [5, 5.41) is 10.4. The number of hydrogen-bond acceptors (Lipinski definition) is 7. The lowest BCUT2D eigenvalue weighted by Gasteiger charge is -2.25. The number of likely N-dealkylation sites (N-methyl/N-ethyl adjacent to an activating group) is 1. The first kappa shape index (κ1) is 26.6. The Kier molecular flexibility index (Phi) is 8.17. The van der Waals surface area contributed by atoms with Gasteiger partial charge >= 0.3 is 0 Å². The number of carbonyl (C=O) groups excluding carboxylic acids is 2. The molecular weight excluding hydrogens is 506 g/mol. The summed E-state index contributed by atoms with van der Waals surface area (Å²) < 4.78 is 31.6. The minimum atomic E-state index is -3.69. The van der Waals surface area contributed by atoms with Crippen LogP contribution in [-0.2, 0) is 26.9 Å². The molecule has 1 aromatic heterocycles. The Balaban J connectivity index is 1.52. The number of hydrogen-bond donors (Lipinski definition) is 1. The zero-order valence-electron chi connectivity index (χ0n) is 20.9. The van der Waals surface area contributed by atoms with E-state index in [4.69, 9.17) is 4.74 Å². The van der Waals surface area contributed by atoms with E-state index in [-0.39, 0.29) is 22.9 Å². The Labute approximate surface area is 220 Å². The summed E-state index contributed by atoms with van der Waals surface area (Å²) in [6.45, 7) is 0. The van der Waals surface area contributed by atoms with E-state index in [9.17, 15) is 18.0 Å². The highest BCUT2D eigenvalue weighted by Gasteiger charge is 2.27. The van der Waals surface area contributed by atoms with Crippen LogP contribution in [0.15, 0.2) is 96.0 Å². The van der Waals surface area contributed by atoms with E-state index in [0.29, 0.717) is 11.4 Å². The molecule has 0 radical (unpaired) electrons. The Hall–Kier alpha value is -4.51. The number of benzene rings is 3. The van der Waals surface area contributed by atoms with Crippen LogP contribution in [0.3, 0.4) is 0 Å². The maximum Gasteiger partial charge on any atom is 0.274 e. The number of methoxy groups -OCH3 is 1. The lowest BCUT2D eigenvalue weighted by molar-refractivity contribution is -0.120. The monoisotopic (exact) mass is 533 g/mol. The second-order valence-electron chi connectivity index (χ2n) is 8.51. The highest BCUT2D eigenvalue weighted by atomic mass is 32.2. The normalized spacial score (nSPS) is 11.9. The van der Waals surface area contributed by atoms with Gasteiger partial charge < -0.3 is 15.0 Å². The molecule has 2 amide bonds. The van der Waals surface area contributed by atoms with Crippen molar-refractivity contribution in [3.63, 3.8) is 0 Å². The van der Waals surface area contributed by atoms with Crippen LogP contribution in [0, 0.1) is 0 Å². The van der Waals surface area contributed by atoms with Crippen LogP contribution >= 0.6 is 0 Å². The molecule has 0 aliphatic heterocycles. The Morgan fingerprint density at radius 3 is 2.24 bits per heavy atom. The number of ether oxygens (including phenoxy) is 1. The zero-order valence-corrected chi connectivity index (χ0v) is 21.7. The van der Waals surface area contributed by atoms with Gasteiger partial charge in [-0.1, -0.05) is 53.7 Å². The van der Waals surface area contributed by atoms with E-state index in [1.807, 2.05) is 30.3 Å². The van der Waals surface area contributed by atoms with Crippen molar-refractivity contribution in [2.24, 2.45) is 0 Å². The molecule has 0 spiro atoms. The van der Waals surface area contributed by atoms with Gasteiger partial charge in [0, 0.05) is 19.2 Å². The van der Waals surface area contributed by atoms with E-state index in [0.717, 1.165) is 10.2 Å². The van der Waals surface area contributed by atoms with Crippen molar-refractivity contribution in [2.45, 2.75) is 23.2 Å². The Morgan fingerprint density at radius 2 is 1.61 bits per heavy atom. The molecule has 3 aromatic carbocycles. The van der Waals surface area contributed by atoms with Crippen LogP contribution in [0.25, 0.3) is 0 Å². The Bertz CT molecular complexity index is 1490. The number of rotatable bonds is 10. The highest BCUT2D eigenvalue weighted by Crippen LogP contribution is 2.20. The maximum absolute atomic E-state index is 13.5. The largest absolute Gasteiger partial charge is 0.497 e. The zero-order chi connectivity index (χ0) is 27.1. The predicted molar refractivity (Wildman–Crippen MR) is 141 cm³/mol. The van der Waals surface area contributed by atoms with E-state index >= 15 is 0 Å². The van der Waals surface area contributed by atoms with Crippen molar-refractivity contribution in [3.8, 4) is 5.75 Å². The highest BCUT2D eigenvalue weighted by molar-refractivity contribution is 7.90. The third-order valence-electron chi connectivity index (χ3n) is 5.85. The topological polar surface area (TPSA) is 123 Å². The summed E-state index contributed by atoms with van der Waals surface area (Å²) in [6, 6.07) is 23.3. The fourth-order valence-corrected chi connectivity index (χ4v) is 4.99. The van der Waals surface area contributed by atoms with Crippen LogP contribution in [0.2, 0.25) is 0 Å². The number of sulfone groups is 1. The molecule has 0 aliphatic rings. The smallest absolute Gasteiger partial charge is 0.274 e. The third-order valence-corrected chi connectivity index (χ3v) is 7.45. The van der Waals surface area contributed by atoms with Gasteiger partial charge in [-0.05, 0) is 42.0 Å². The molecule has 4 rings (SSSR count). The van der Waals surface area contributed by atoms with Gasteiger partial charge in [0.25, 0.3) is 5.91 Å². The minimum absolute atomic E-state index is 0.105.